The van der Waals surface area contributed by atoms with Crippen molar-refractivity contribution in [1.82, 2.24) is 24.8 Å². The highest BCUT2D eigenvalue weighted by Gasteiger charge is 2.27. The minimum absolute atomic E-state index is 0.248. The quantitative estimate of drug-likeness (QED) is 0.0824. The molecule has 8 nitrogen and oxygen atoms in total. The molecule has 0 bridgehead atoms. The summed E-state index contributed by atoms with van der Waals surface area (Å²) < 4.78 is 19.5. The van der Waals surface area contributed by atoms with Gasteiger partial charge >= 0.3 is 0 Å². The van der Waals surface area contributed by atoms with E-state index in [1.807, 2.05) is 49.7 Å². The predicted octanol–water partition coefficient (Wildman–Crippen LogP) is 12.7. The summed E-state index contributed by atoms with van der Waals surface area (Å²) >= 11 is 0. The van der Waals surface area contributed by atoms with E-state index >= 15 is 0 Å². The third-order valence-electron chi connectivity index (χ3n) is 13.2. The summed E-state index contributed by atoms with van der Waals surface area (Å²) in [6, 6.07) is 24.5. The van der Waals surface area contributed by atoms with E-state index in [0.717, 1.165) is 110 Å². The molecule has 0 unspecified atom stereocenters. The number of nitrogens with one attached hydrogen (secondary N) is 2. The first kappa shape index (κ1) is 44.4. The number of para-hydroxylation sites is 1. The molecule has 4 aromatic carbocycles. The number of nitrogens with two attached hydrogens (primary N) is 3. The van der Waals surface area contributed by atoms with Crippen LogP contribution in [0, 0.1) is 5.82 Å². The third kappa shape index (κ3) is 8.38. The van der Waals surface area contributed by atoms with Gasteiger partial charge in [-0.15, -0.1) is 0 Å². The van der Waals surface area contributed by atoms with Crippen molar-refractivity contribution < 1.29 is 4.39 Å². The van der Waals surface area contributed by atoms with Gasteiger partial charge in [-0.05, 0) is 134 Å². The average Bonchev–Trinajstić information content (AvgIpc) is 3.99. The lowest BCUT2D eigenvalue weighted by Gasteiger charge is -2.18. The number of anilines is 3. The first-order valence-electron chi connectivity index (χ1n) is 23.1. The number of fused-ring (bicyclic) bond motifs is 4. The molecule has 10 rings (SSSR count). The van der Waals surface area contributed by atoms with Crippen molar-refractivity contribution >= 4 is 72.2 Å². The summed E-state index contributed by atoms with van der Waals surface area (Å²) in [4.78, 5) is 4.55. The fraction of sp³-hybridized carbons (Fsp3) is 0.190. The van der Waals surface area contributed by atoms with Crippen LogP contribution in [0.5, 0.6) is 0 Å². The number of hydrogen-bond donors (Lipinski definition) is 5. The molecule has 0 saturated carbocycles. The van der Waals surface area contributed by atoms with Gasteiger partial charge in [0, 0.05) is 85.4 Å². The Morgan fingerprint density at radius 3 is 1.94 bits per heavy atom. The van der Waals surface area contributed by atoms with Crippen LogP contribution in [-0.2, 0) is 32.4 Å². The molecule has 0 amide bonds. The van der Waals surface area contributed by atoms with E-state index in [4.69, 9.17) is 17.2 Å². The normalized spacial score (nSPS) is 14.1. The lowest BCUT2D eigenvalue weighted by Crippen LogP contribution is -2.11. The Balaban J connectivity index is 0.000000168. The number of rotatable bonds is 11. The van der Waals surface area contributed by atoms with E-state index < -0.39 is 0 Å². The van der Waals surface area contributed by atoms with Gasteiger partial charge in [0.15, 0.2) is 0 Å². The molecule has 0 saturated heterocycles. The Morgan fingerprint density at radius 2 is 1.30 bits per heavy atom. The number of hydrogen-bond acceptors (Lipinski definition) is 6. The number of aromatic nitrogens is 3. The van der Waals surface area contributed by atoms with Crippen LogP contribution >= 0.6 is 0 Å². The molecule has 0 radical (unpaired) electrons. The molecule has 0 atom stereocenters. The van der Waals surface area contributed by atoms with Crippen LogP contribution in [0.25, 0.3) is 55.0 Å². The highest BCUT2D eigenvalue weighted by molar-refractivity contribution is 6.04. The van der Waals surface area contributed by atoms with E-state index in [1.54, 1.807) is 6.07 Å². The van der Waals surface area contributed by atoms with E-state index in [0.29, 0.717) is 30.2 Å². The largest absolute Gasteiger partial charge is 0.397 e. The molecular formula is C58H59FN8. The summed E-state index contributed by atoms with van der Waals surface area (Å²) in [7, 11) is 0. The molecule has 3 aliphatic rings. The van der Waals surface area contributed by atoms with E-state index in [-0.39, 0.29) is 11.5 Å². The Bertz CT molecular complexity index is 3350. The lowest BCUT2D eigenvalue weighted by atomic mass is 9.94. The number of benzene rings is 4. The molecule has 1 aliphatic carbocycles. The molecular weight excluding hydrogens is 828 g/mol. The Labute approximate surface area is 392 Å². The fourth-order valence-corrected chi connectivity index (χ4v) is 10.0. The molecule has 338 valence electrons. The molecule has 67 heavy (non-hydrogen) atoms. The maximum atomic E-state index is 14.9. The van der Waals surface area contributed by atoms with Crippen LogP contribution in [0.15, 0.2) is 147 Å². The third-order valence-corrected chi connectivity index (χ3v) is 13.2. The Kier molecular flexibility index (Phi) is 12.1. The number of pyridine rings is 1. The van der Waals surface area contributed by atoms with Crippen molar-refractivity contribution in [2.24, 2.45) is 0 Å². The fourth-order valence-electron chi connectivity index (χ4n) is 10.0. The molecule has 2 aliphatic heterocycles. The van der Waals surface area contributed by atoms with Crippen molar-refractivity contribution in [2.75, 3.05) is 17.2 Å². The van der Waals surface area contributed by atoms with Crippen LogP contribution in [0.4, 0.5) is 21.6 Å². The standard InChI is InChI=1S/C30H28N4.C28H31FN4/c1-18(2)30-29(23-11-7-13-32-19(23)3)25-14-20-8-6-9-21(20)15-27(25)34(30)17-22-16-28(31)33-26-12-5-4-10-24(22)26;1-5-6-8-19-10-11-22-26(13-19)33(16-20-14-24(30)25(31)15-23(20)29)28(17(2)3)27(22)21-9-7-12-32-18(21)4/h4-5,7,10-16,32H,1,3,6,8-9,17H2,2H3,(H2,31,33);7,9-15,32H,2,4-6,8,16,30-31H2,1,3H3. The molecule has 0 fully saturated rings. The number of dihydropyridines is 2. The molecule has 7 aromatic rings. The van der Waals surface area contributed by atoms with Gasteiger partial charge in [-0.3, -0.25) is 0 Å². The molecule has 8 N–H and O–H groups in total. The number of nitrogens with zero attached hydrogens (tertiary/aromatic N) is 3. The van der Waals surface area contributed by atoms with Crippen LogP contribution in [-0.4, -0.2) is 14.1 Å². The molecule has 3 aromatic heterocycles. The van der Waals surface area contributed by atoms with E-state index in [1.165, 1.54) is 45.6 Å². The smallest absolute Gasteiger partial charge is 0.130 e. The summed E-state index contributed by atoms with van der Waals surface area (Å²) in [5, 5.41) is 9.98. The van der Waals surface area contributed by atoms with Crippen molar-refractivity contribution in [1.29, 1.82) is 0 Å². The maximum Gasteiger partial charge on any atom is 0.130 e. The zero-order valence-corrected chi connectivity index (χ0v) is 38.8. The number of unbranched alkanes of at least 4 members (excludes halogenated alkanes) is 1. The molecule has 0 spiro atoms. The summed E-state index contributed by atoms with van der Waals surface area (Å²) in [6.07, 6.45) is 18.7. The Hall–Kier alpha value is -7.78. The van der Waals surface area contributed by atoms with Gasteiger partial charge in [0.1, 0.15) is 11.6 Å². The number of allylic oxidation sites excluding steroid dienone is 8. The van der Waals surface area contributed by atoms with Gasteiger partial charge in [0.25, 0.3) is 0 Å². The average molecular weight is 887 g/mol. The predicted molar refractivity (Wildman–Crippen MR) is 282 cm³/mol. The van der Waals surface area contributed by atoms with Crippen molar-refractivity contribution in [3.8, 4) is 0 Å². The second-order valence-electron chi connectivity index (χ2n) is 18.0. The van der Waals surface area contributed by atoms with Gasteiger partial charge < -0.3 is 37.0 Å². The van der Waals surface area contributed by atoms with Crippen molar-refractivity contribution in [2.45, 2.75) is 72.4 Å². The summed E-state index contributed by atoms with van der Waals surface area (Å²) in [5.41, 5.74) is 37.8. The number of nitrogen functional groups attached to an aromatic ring is 3. The van der Waals surface area contributed by atoms with Crippen LogP contribution in [0.1, 0.15) is 90.4 Å². The van der Waals surface area contributed by atoms with E-state index in [2.05, 4.69) is 120 Å². The van der Waals surface area contributed by atoms with Gasteiger partial charge in [0.05, 0.1) is 34.8 Å². The maximum absolute atomic E-state index is 14.9. The second kappa shape index (κ2) is 18.2. The topological polar surface area (TPSA) is 125 Å². The second-order valence-corrected chi connectivity index (χ2v) is 18.0. The van der Waals surface area contributed by atoms with Crippen molar-refractivity contribution in [3.63, 3.8) is 0 Å². The molecule has 9 heteroatoms. The van der Waals surface area contributed by atoms with Gasteiger partial charge in [-0.25, -0.2) is 9.37 Å². The highest BCUT2D eigenvalue weighted by Crippen LogP contribution is 2.42. The lowest BCUT2D eigenvalue weighted by molar-refractivity contribution is 0.602. The highest BCUT2D eigenvalue weighted by atomic mass is 19.1. The SMILES string of the molecule is C=C1NC=CC=C1c1c(C(=C)C)n(Cc2cc(N)c(N)cc2F)c2cc(CCCC)ccc12.C=C1NC=CC=C1c1c(C(=C)C)n(Cc2cc(N)nc3ccccc23)c2cc3c(cc12)CCC3. The zero-order valence-electron chi connectivity index (χ0n) is 38.8. The van der Waals surface area contributed by atoms with Gasteiger partial charge in [-0.2, -0.15) is 0 Å². The van der Waals surface area contributed by atoms with Gasteiger partial charge in [0.2, 0.25) is 0 Å². The minimum atomic E-state index is -0.370. The summed E-state index contributed by atoms with van der Waals surface area (Å²) in [5.74, 6) is 0.173. The van der Waals surface area contributed by atoms with Crippen LogP contribution in [0.3, 0.4) is 0 Å². The van der Waals surface area contributed by atoms with Crippen LogP contribution in [0.2, 0.25) is 0 Å². The Morgan fingerprint density at radius 1 is 0.701 bits per heavy atom. The first-order valence-corrected chi connectivity index (χ1v) is 23.1. The number of aryl methyl sites for hydroxylation is 3. The van der Waals surface area contributed by atoms with Gasteiger partial charge in [-0.1, -0.05) is 82.1 Å². The number of halogens is 1. The van der Waals surface area contributed by atoms with Crippen molar-refractivity contribution in [3.05, 3.63) is 203 Å². The summed E-state index contributed by atoms with van der Waals surface area (Å²) in [6.45, 7) is 24.5. The molecule has 5 heterocycles. The zero-order chi connectivity index (χ0) is 47.1. The van der Waals surface area contributed by atoms with Crippen LogP contribution < -0.4 is 27.8 Å². The van der Waals surface area contributed by atoms with E-state index in [9.17, 15) is 4.39 Å². The first-order chi connectivity index (χ1) is 32.3. The minimum Gasteiger partial charge on any atom is -0.397 e. The monoisotopic (exact) mass is 886 g/mol.